The Kier molecular flexibility index (Phi) is 4.40. The molecule has 0 aliphatic heterocycles. The molecule has 0 amide bonds. The Bertz CT molecular complexity index is 32.0. The summed E-state index contributed by atoms with van der Waals surface area (Å²) in [6.07, 6.45) is 0. The fourth-order valence-electron chi connectivity index (χ4n) is 0.118. The summed E-state index contributed by atoms with van der Waals surface area (Å²) in [7, 11) is 2.60. The Labute approximate surface area is 46.3 Å². The zero-order valence-electron chi connectivity index (χ0n) is 3.72. The maximum absolute atomic E-state index is 4.48. The molecule has 1 nitrogen and oxygen atoms in total. The highest BCUT2D eigenvalue weighted by atomic mass is 32.1. The molecule has 2 unspecified atom stereocenters. The molecule has 0 rings (SSSR count). The minimum Gasteiger partial charge on any atom is -0.318 e. The first kappa shape index (κ1) is 6.74. The molecule has 0 radical (unpaired) electrons. The van der Waals surface area contributed by atoms with Crippen LogP contribution >= 0.6 is 22.1 Å². The molecule has 0 saturated carbocycles. The maximum atomic E-state index is 4.48. The molecule has 0 saturated heterocycles. The van der Waals surface area contributed by atoms with Gasteiger partial charge in [-0.1, -0.05) is 6.92 Å². The molecular formula is C3H9OPS. The van der Waals surface area contributed by atoms with Crippen LogP contribution in [0.5, 0.6) is 0 Å². The van der Waals surface area contributed by atoms with Crippen LogP contribution in [0.15, 0.2) is 0 Å². The van der Waals surface area contributed by atoms with E-state index in [4.69, 9.17) is 0 Å². The smallest absolute Gasteiger partial charge is 0.0670 e. The van der Waals surface area contributed by atoms with Crippen molar-refractivity contribution in [3.05, 3.63) is 0 Å². The summed E-state index contributed by atoms with van der Waals surface area (Å²) in [5, 5.41) is 0. The molecule has 0 aromatic heterocycles. The van der Waals surface area contributed by atoms with Gasteiger partial charge < -0.3 is 4.18 Å². The monoisotopic (exact) mass is 124 g/mol. The van der Waals surface area contributed by atoms with Crippen molar-refractivity contribution in [2.75, 3.05) is 6.61 Å². The maximum Gasteiger partial charge on any atom is 0.0670 e. The predicted molar refractivity (Wildman–Crippen MR) is 34.1 cm³/mol. The van der Waals surface area contributed by atoms with Gasteiger partial charge in [-0.05, 0) is 18.6 Å². The van der Waals surface area contributed by atoms with Gasteiger partial charge in [0, 0.05) is 0 Å². The van der Waals surface area contributed by atoms with Crippen LogP contribution in [0.25, 0.3) is 0 Å². The molecular weight excluding hydrogens is 115 g/mol. The lowest BCUT2D eigenvalue weighted by Gasteiger charge is -1.96. The van der Waals surface area contributed by atoms with E-state index in [-0.39, 0.29) is 0 Å². The first-order chi connectivity index (χ1) is 2.77. The molecule has 6 heavy (non-hydrogen) atoms. The lowest BCUT2D eigenvalue weighted by Crippen LogP contribution is -1.96. The topological polar surface area (TPSA) is 9.23 Å². The average molecular weight is 124 g/mol. The predicted octanol–water partition coefficient (Wildman–Crippen LogP) is 1.11. The van der Waals surface area contributed by atoms with E-state index >= 15 is 0 Å². The van der Waals surface area contributed by atoms with E-state index in [9.17, 15) is 0 Å². The second kappa shape index (κ2) is 3.91. The Morgan fingerprint density at radius 2 is 2.50 bits per heavy atom. The lowest BCUT2D eigenvalue weighted by molar-refractivity contribution is 0.387. The number of thiol groups is 1. The molecule has 0 aromatic carbocycles. The molecule has 0 aromatic rings. The van der Waals surface area contributed by atoms with Gasteiger partial charge in [-0.15, -0.1) is 9.24 Å². The van der Waals surface area contributed by atoms with Crippen molar-refractivity contribution in [2.45, 2.75) is 12.6 Å². The van der Waals surface area contributed by atoms with Crippen molar-refractivity contribution < 1.29 is 4.18 Å². The third kappa shape index (κ3) is 4.74. The highest BCUT2D eigenvalue weighted by Gasteiger charge is 1.86. The molecule has 38 valence electrons. The summed E-state index contributed by atoms with van der Waals surface area (Å²) in [5.74, 6) is 0. The third-order valence-electron chi connectivity index (χ3n) is 0.337. The van der Waals surface area contributed by atoms with Gasteiger partial charge in [0.25, 0.3) is 0 Å². The van der Waals surface area contributed by atoms with Crippen LogP contribution in [0.3, 0.4) is 0 Å². The highest BCUT2D eigenvalue weighted by Crippen LogP contribution is 1.97. The van der Waals surface area contributed by atoms with Crippen molar-refractivity contribution in [3.63, 3.8) is 0 Å². The Morgan fingerprint density at radius 3 is 2.50 bits per heavy atom. The number of hydrogen-bond donors (Lipinski definition) is 1. The first-order valence-corrected chi connectivity index (χ1v) is 2.82. The molecule has 0 fully saturated rings. The van der Waals surface area contributed by atoms with Gasteiger partial charge in [-0.25, -0.2) is 0 Å². The van der Waals surface area contributed by atoms with Crippen LogP contribution < -0.4 is 0 Å². The molecule has 3 heteroatoms. The Hall–Kier alpha value is 0.740. The van der Waals surface area contributed by atoms with Gasteiger partial charge >= 0.3 is 0 Å². The first-order valence-electron chi connectivity index (χ1n) is 1.79. The summed E-state index contributed by atoms with van der Waals surface area (Å²) in [6, 6.07) is 0. The zero-order chi connectivity index (χ0) is 4.99. The van der Waals surface area contributed by atoms with Crippen LogP contribution in [0.2, 0.25) is 0 Å². The van der Waals surface area contributed by atoms with E-state index < -0.39 is 0 Å². The van der Waals surface area contributed by atoms with Crippen molar-refractivity contribution in [2.24, 2.45) is 0 Å². The van der Waals surface area contributed by atoms with E-state index in [1.807, 2.05) is 6.92 Å². The minimum atomic E-state index is 0.516. The summed E-state index contributed by atoms with van der Waals surface area (Å²) in [4.78, 5) is 0. The second-order valence-corrected chi connectivity index (χ2v) is 2.67. The fourth-order valence-corrected chi connectivity index (χ4v) is 0.611. The van der Waals surface area contributed by atoms with E-state index in [1.165, 1.54) is 0 Å². The number of rotatable bonds is 2. The standard InChI is InChI=1S/C3H9OPS/c1-3(5)2-4-6/h3,6H,2,5H2,1H3. The van der Waals surface area contributed by atoms with Gasteiger partial charge in [0.2, 0.25) is 0 Å². The normalized spacial score (nSPS) is 14.5. The summed E-state index contributed by atoms with van der Waals surface area (Å²) in [5.41, 5.74) is 0.516. The summed E-state index contributed by atoms with van der Waals surface area (Å²) in [6.45, 7) is 2.74. The van der Waals surface area contributed by atoms with Crippen molar-refractivity contribution in [1.29, 1.82) is 0 Å². The quantitative estimate of drug-likeness (QED) is 0.329. The second-order valence-electron chi connectivity index (χ2n) is 1.27. The zero-order valence-corrected chi connectivity index (χ0v) is 5.77. The van der Waals surface area contributed by atoms with Crippen LogP contribution in [-0.2, 0) is 4.18 Å². The molecule has 0 N–H and O–H groups in total. The van der Waals surface area contributed by atoms with Crippen molar-refractivity contribution in [3.8, 4) is 0 Å². The molecule has 0 aliphatic rings. The SMILES string of the molecule is CC(P)COS. The Balaban J connectivity index is 2.63. The molecule has 0 aliphatic carbocycles. The van der Waals surface area contributed by atoms with Gasteiger partial charge in [0.1, 0.15) is 0 Å². The Morgan fingerprint density at radius 1 is 2.00 bits per heavy atom. The fraction of sp³-hybridized carbons (Fsp3) is 1.00. The van der Waals surface area contributed by atoms with E-state index in [0.29, 0.717) is 12.3 Å². The average Bonchev–Trinajstić information content (AvgIpc) is 1.35. The number of hydrogen-bond acceptors (Lipinski definition) is 2. The van der Waals surface area contributed by atoms with E-state index in [2.05, 4.69) is 26.3 Å². The minimum absolute atomic E-state index is 0.516. The third-order valence-corrected chi connectivity index (χ3v) is 0.679. The van der Waals surface area contributed by atoms with Crippen LogP contribution in [-0.4, -0.2) is 12.3 Å². The van der Waals surface area contributed by atoms with Crippen LogP contribution in [0, 0.1) is 0 Å². The van der Waals surface area contributed by atoms with Gasteiger partial charge in [0.15, 0.2) is 0 Å². The highest BCUT2D eigenvalue weighted by molar-refractivity contribution is 7.75. The molecule has 0 spiro atoms. The molecule has 0 heterocycles. The largest absolute Gasteiger partial charge is 0.318 e. The van der Waals surface area contributed by atoms with Gasteiger partial charge in [-0.2, -0.15) is 0 Å². The van der Waals surface area contributed by atoms with Crippen LogP contribution in [0.1, 0.15) is 6.92 Å². The van der Waals surface area contributed by atoms with Crippen molar-refractivity contribution >= 4 is 22.1 Å². The van der Waals surface area contributed by atoms with Crippen LogP contribution in [0.4, 0.5) is 0 Å². The van der Waals surface area contributed by atoms with Gasteiger partial charge in [-0.3, -0.25) is 0 Å². The molecule has 2 atom stereocenters. The van der Waals surface area contributed by atoms with E-state index in [0.717, 1.165) is 0 Å². The van der Waals surface area contributed by atoms with Crippen molar-refractivity contribution in [1.82, 2.24) is 0 Å². The summed E-state index contributed by atoms with van der Waals surface area (Å²) < 4.78 is 4.48. The van der Waals surface area contributed by atoms with Gasteiger partial charge in [0.05, 0.1) is 6.61 Å². The molecule has 0 bridgehead atoms. The van der Waals surface area contributed by atoms with E-state index in [1.54, 1.807) is 0 Å². The summed E-state index contributed by atoms with van der Waals surface area (Å²) >= 11 is 3.55. The lowest BCUT2D eigenvalue weighted by atomic mass is 10.5.